The van der Waals surface area contributed by atoms with Gasteiger partial charge < -0.3 is 4.90 Å². The minimum Gasteiger partial charge on any atom is -0.306 e. The average molecular weight is 225 g/mol. The molecule has 0 saturated carbocycles. The fraction of sp³-hybridized carbons (Fsp3) is 0.583. The smallest absolute Gasteiger partial charge is 0.129 e. The van der Waals surface area contributed by atoms with E-state index < -0.39 is 0 Å². The van der Waals surface area contributed by atoms with E-state index in [0.717, 1.165) is 12.3 Å². The highest BCUT2D eigenvalue weighted by molar-refractivity contribution is 6.29. The zero-order chi connectivity index (χ0) is 10.7. The SMILES string of the molecule is CN1CCCC(Cc2ccnc(Cl)c2)C1. The zero-order valence-electron chi connectivity index (χ0n) is 9.12. The Morgan fingerprint density at radius 1 is 1.60 bits per heavy atom. The molecule has 1 aromatic rings. The summed E-state index contributed by atoms with van der Waals surface area (Å²) in [6.45, 7) is 2.45. The van der Waals surface area contributed by atoms with Crippen LogP contribution in [0.15, 0.2) is 18.3 Å². The topological polar surface area (TPSA) is 16.1 Å². The molecule has 2 rings (SSSR count). The van der Waals surface area contributed by atoms with Gasteiger partial charge in [-0.2, -0.15) is 0 Å². The molecule has 0 aromatic carbocycles. The van der Waals surface area contributed by atoms with Gasteiger partial charge in [0.15, 0.2) is 0 Å². The van der Waals surface area contributed by atoms with Gasteiger partial charge in [-0.3, -0.25) is 0 Å². The van der Waals surface area contributed by atoms with E-state index in [1.165, 1.54) is 31.5 Å². The molecule has 0 amide bonds. The van der Waals surface area contributed by atoms with Crippen molar-refractivity contribution in [3.8, 4) is 0 Å². The van der Waals surface area contributed by atoms with Crippen molar-refractivity contribution < 1.29 is 0 Å². The molecule has 0 N–H and O–H groups in total. The van der Waals surface area contributed by atoms with Crippen molar-refractivity contribution in [2.75, 3.05) is 20.1 Å². The number of piperidine rings is 1. The van der Waals surface area contributed by atoms with Crippen LogP contribution in [0.1, 0.15) is 18.4 Å². The van der Waals surface area contributed by atoms with E-state index in [1.54, 1.807) is 6.20 Å². The first-order chi connectivity index (χ1) is 7.24. The maximum Gasteiger partial charge on any atom is 0.129 e. The fourth-order valence-corrected chi connectivity index (χ4v) is 2.54. The third-order valence-electron chi connectivity index (χ3n) is 3.04. The van der Waals surface area contributed by atoms with E-state index in [2.05, 4.69) is 23.0 Å². The third-order valence-corrected chi connectivity index (χ3v) is 3.24. The molecule has 0 bridgehead atoms. The Labute approximate surface area is 96.3 Å². The van der Waals surface area contributed by atoms with Gasteiger partial charge in [0.05, 0.1) is 0 Å². The first-order valence-corrected chi connectivity index (χ1v) is 5.91. The number of halogens is 1. The second-order valence-corrected chi connectivity index (χ2v) is 4.85. The second-order valence-electron chi connectivity index (χ2n) is 4.46. The Kier molecular flexibility index (Phi) is 3.60. The third kappa shape index (κ3) is 3.18. The molecule has 82 valence electrons. The molecule has 3 heteroatoms. The maximum absolute atomic E-state index is 5.87. The van der Waals surface area contributed by atoms with Crippen LogP contribution in [-0.4, -0.2) is 30.0 Å². The largest absolute Gasteiger partial charge is 0.306 e. The lowest BCUT2D eigenvalue weighted by Gasteiger charge is -2.29. The molecule has 1 aliphatic rings. The van der Waals surface area contributed by atoms with Crippen molar-refractivity contribution in [3.63, 3.8) is 0 Å². The molecule has 1 saturated heterocycles. The second kappa shape index (κ2) is 4.95. The highest BCUT2D eigenvalue weighted by Crippen LogP contribution is 2.20. The molecule has 0 spiro atoms. The quantitative estimate of drug-likeness (QED) is 0.718. The number of rotatable bonds is 2. The highest BCUT2D eigenvalue weighted by atomic mass is 35.5. The van der Waals surface area contributed by atoms with Gasteiger partial charge in [0.1, 0.15) is 5.15 Å². The summed E-state index contributed by atoms with van der Waals surface area (Å²) in [6.07, 6.45) is 5.58. The summed E-state index contributed by atoms with van der Waals surface area (Å²) >= 11 is 5.87. The average Bonchev–Trinajstić information content (AvgIpc) is 2.17. The molecule has 0 aliphatic carbocycles. The summed E-state index contributed by atoms with van der Waals surface area (Å²) in [6, 6.07) is 4.05. The summed E-state index contributed by atoms with van der Waals surface area (Å²) in [7, 11) is 2.20. The van der Waals surface area contributed by atoms with Crippen molar-refractivity contribution >= 4 is 11.6 Å². The molecule has 1 aliphatic heterocycles. The molecule has 15 heavy (non-hydrogen) atoms. The summed E-state index contributed by atoms with van der Waals surface area (Å²) in [5.41, 5.74) is 1.32. The van der Waals surface area contributed by atoms with Crippen LogP contribution in [0.25, 0.3) is 0 Å². The van der Waals surface area contributed by atoms with E-state index in [1.807, 2.05) is 6.07 Å². The first-order valence-electron chi connectivity index (χ1n) is 5.53. The molecule has 1 fully saturated rings. The lowest BCUT2D eigenvalue weighted by atomic mass is 9.92. The monoisotopic (exact) mass is 224 g/mol. The van der Waals surface area contributed by atoms with Gasteiger partial charge in [-0.15, -0.1) is 0 Å². The molecule has 1 aromatic heterocycles. The van der Waals surface area contributed by atoms with Gasteiger partial charge >= 0.3 is 0 Å². The number of nitrogens with zero attached hydrogens (tertiary/aromatic N) is 2. The number of hydrogen-bond donors (Lipinski definition) is 0. The van der Waals surface area contributed by atoms with Crippen LogP contribution in [0.2, 0.25) is 5.15 Å². The van der Waals surface area contributed by atoms with Crippen LogP contribution in [0.4, 0.5) is 0 Å². The number of likely N-dealkylation sites (tertiary alicyclic amines) is 1. The van der Waals surface area contributed by atoms with E-state index in [0.29, 0.717) is 5.15 Å². The lowest BCUT2D eigenvalue weighted by molar-refractivity contribution is 0.209. The predicted octanol–water partition coefficient (Wildman–Crippen LogP) is 2.62. The van der Waals surface area contributed by atoms with Crippen molar-refractivity contribution in [1.82, 2.24) is 9.88 Å². The minimum absolute atomic E-state index is 0.608. The summed E-state index contributed by atoms with van der Waals surface area (Å²) in [5.74, 6) is 0.780. The summed E-state index contributed by atoms with van der Waals surface area (Å²) < 4.78 is 0. The Bertz CT molecular complexity index is 327. The normalized spacial score (nSPS) is 22.9. The fourth-order valence-electron chi connectivity index (χ4n) is 2.34. The number of pyridine rings is 1. The Hall–Kier alpha value is -0.600. The van der Waals surface area contributed by atoms with Gasteiger partial charge in [0.2, 0.25) is 0 Å². The van der Waals surface area contributed by atoms with Gasteiger partial charge in [-0.05, 0) is 56.5 Å². The van der Waals surface area contributed by atoms with Crippen molar-refractivity contribution in [2.24, 2.45) is 5.92 Å². The molecule has 1 unspecified atom stereocenters. The van der Waals surface area contributed by atoms with E-state index in [9.17, 15) is 0 Å². The Morgan fingerprint density at radius 2 is 2.47 bits per heavy atom. The van der Waals surface area contributed by atoms with Crippen LogP contribution < -0.4 is 0 Å². The molecular weight excluding hydrogens is 208 g/mol. The van der Waals surface area contributed by atoms with Gasteiger partial charge in [-0.25, -0.2) is 4.98 Å². The van der Waals surface area contributed by atoms with Gasteiger partial charge in [0, 0.05) is 12.7 Å². The molecule has 2 heterocycles. The minimum atomic E-state index is 0.608. The standard InChI is InChI=1S/C12H17ClN2/c1-15-6-2-3-11(9-15)7-10-4-5-14-12(13)8-10/h4-5,8,11H,2-3,6-7,9H2,1H3. The maximum atomic E-state index is 5.87. The van der Waals surface area contributed by atoms with Crippen LogP contribution in [0.5, 0.6) is 0 Å². The van der Waals surface area contributed by atoms with Gasteiger partial charge in [-0.1, -0.05) is 11.6 Å². The Morgan fingerprint density at radius 3 is 3.20 bits per heavy atom. The number of aromatic nitrogens is 1. The summed E-state index contributed by atoms with van der Waals surface area (Å²) in [4.78, 5) is 6.42. The summed E-state index contributed by atoms with van der Waals surface area (Å²) in [5, 5.41) is 0.608. The Balaban J connectivity index is 1.96. The number of hydrogen-bond acceptors (Lipinski definition) is 2. The van der Waals surface area contributed by atoms with Crippen molar-refractivity contribution in [1.29, 1.82) is 0 Å². The molecule has 1 atom stereocenters. The van der Waals surface area contributed by atoms with Crippen LogP contribution in [-0.2, 0) is 6.42 Å². The van der Waals surface area contributed by atoms with Crippen LogP contribution in [0.3, 0.4) is 0 Å². The molecule has 2 nitrogen and oxygen atoms in total. The molecule has 0 radical (unpaired) electrons. The van der Waals surface area contributed by atoms with Crippen molar-refractivity contribution in [3.05, 3.63) is 29.0 Å². The first kappa shape index (κ1) is 10.9. The van der Waals surface area contributed by atoms with E-state index in [-0.39, 0.29) is 0 Å². The molecular formula is C12H17ClN2. The van der Waals surface area contributed by atoms with E-state index >= 15 is 0 Å². The lowest BCUT2D eigenvalue weighted by Crippen LogP contribution is -2.32. The predicted molar refractivity (Wildman–Crippen MR) is 63.2 cm³/mol. The zero-order valence-corrected chi connectivity index (χ0v) is 9.87. The van der Waals surface area contributed by atoms with E-state index in [4.69, 9.17) is 11.6 Å². The van der Waals surface area contributed by atoms with Gasteiger partial charge in [0.25, 0.3) is 0 Å². The highest BCUT2D eigenvalue weighted by Gasteiger charge is 2.17. The van der Waals surface area contributed by atoms with Crippen molar-refractivity contribution in [2.45, 2.75) is 19.3 Å². The van der Waals surface area contributed by atoms with Crippen LogP contribution >= 0.6 is 11.6 Å². The van der Waals surface area contributed by atoms with Crippen LogP contribution in [0, 0.1) is 5.92 Å².